The van der Waals surface area contributed by atoms with Crippen LogP contribution in [0.15, 0.2) is 71.1 Å². The molecule has 0 fully saturated rings. The first kappa shape index (κ1) is 17.8. The van der Waals surface area contributed by atoms with Crippen molar-refractivity contribution in [2.75, 3.05) is 7.11 Å². The first-order valence-electron chi connectivity index (χ1n) is 8.36. The smallest absolute Gasteiger partial charge is 0.287 e. The van der Waals surface area contributed by atoms with E-state index in [2.05, 4.69) is 5.32 Å². The van der Waals surface area contributed by atoms with E-state index in [0.717, 1.165) is 16.9 Å². The molecule has 0 aliphatic rings. The van der Waals surface area contributed by atoms with E-state index in [1.807, 2.05) is 54.6 Å². The Hall–Kier alpha value is -3.05. The fourth-order valence-electron chi connectivity index (χ4n) is 2.48. The molecule has 1 N–H and O–H groups in total. The van der Waals surface area contributed by atoms with Crippen molar-refractivity contribution >= 4 is 5.91 Å². The molecule has 3 rings (SSSR count). The van der Waals surface area contributed by atoms with Crippen molar-refractivity contribution in [2.24, 2.45) is 0 Å². The molecule has 0 bridgehead atoms. The summed E-state index contributed by atoms with van der Waals surface area (Å²) < 4.78 is 16.2. The number of nitrogens with one attached hydrogen (secondary N) is 1. The molecule has 0 spiro atoms. The van der Waals surface area contributed by atoms with Crippen molar-refractivity contribution in [1.29, 1.82) is 0 Å². The van der Waals surface area contributed by atoms with Crippen LogP contribution in [0.3, 0.4) is 0 Å². The van der Waals surface area contributed by atoms with Gasteiger partial charge in [-0.2, -0.15) is 0 Å². The summed E-state index contributed by atoms with van der Waals surface area (Å²) in [6.45, 7) is 1.24. The second-order valence-corrected chi connectivity index (χ2v) is 5.80. The van der Waals surface area contributed by atoms with E-state index in [0.29, 0.717) is 25.5 Å². The Morgan fingerprint density at radius 3 is 2.58 bits per heavy atom. The summed E-state index contributed by atoms with van der Waals surface area (Å²) in [6, 6.07) is 21.0. The Morgan fingerprint density at radius 1 is 0.962 bits per heavy atom. The number of hydrogen-bond donors (Lipinski definition) is 1. The van der Waals surface area contributed by atoms with Crippen LogP contribution in [0.2, 0.25) is 0 Å². The van der Waals surface area contributed by atoms with Crippen LogP contribution in [0.4, 0.5) is 0 Å². The molecule has 134 valence electrons. The molecular formula is C21H21NO4. The van der Waals surface area contributed by atoms with E-state index in [1.165, 1.54) is 0 Å². The summed E-state index contributed by atoms with van der Waals surface area (Å²) in [7, 11) is 1.58. The van der Waals surface area contributed by atoms with E-state index in [9.17, 15) is 4.79 Å². The molecule has 1 heterocycles. The van der Waals surface area contributed by atoms with Crippen LogP contribution in [-0.2, 0) is 24.5 Å². The van der Waals surface area contributed by atoms with Crippen LogP contribution < -0.4 is 10.1 Å². The van der Waals surface area contributed by atoms with Crippen LogP contribution in [0.25, 0.3) is 0 Å². The third-order valence-electron chi connectivity index (χ3n) is 3.77. The highest BCUT2D eigenvalue weighted by atomic mass is 16.5. The quantitative estimate of drug-likeness (QED) is 0.668. The monoisotopic (exact) mass is 351 g/mol. The van der Waals surface area contributed by atoms with Gasteiger partial charge < -0.3 is 19.2 Å². The fraction of sp³-hybridized carbons (Fsp3) is 0.190. The zero-order valence-electron chi connectivity index (χ0n) is 14.6. The Labute approximate surface area is 152 Å². The minimum absolute atomic E-state index is 0.261. The zero-order valence-corrected chi connectivity index (χ0v) is 14.6. The molecule has 0 unspecified atom stereocenters. The summed E-state index contributed by atoms with van der Waals surface area (Å²) in [5.41, 5.74) is 2.06. The van der Waals surface area contributed by atoms with E-state index in [4.69, 9.17) is 13.9 Å². The average molecular weight is 351 g/mol. The Bertz CT molecular complexity index is 842. The SMILES string of the molecule is COCc1ccc(C(=O)NCc2cccc(OCc3ccccc3)c2)o1. The fourth-order valence-corrected chi connectivity index (χ4v) is 2.48. The molecule has 5 nitrogen and oxygen atoms in total. The number of furan rings is 1. The van der Waals surface area contributed by atoms with E-state index >= 15 is 0 Å². The normalized spacial score (nSPS) is 10.5. The zero-order chi connectivity index (χ0) is 18.2. The van der Waals surface area contributed by atoms with Gasteiger partial charge in [0.25, 0.3) is 5.91 Å². The second-order valence-electron chi connectivity index (χ2n) is 5.80. The molecule has 0 saturated carbocycles. The van der Waals surface area contributed by atoms with Crippen LogP contribution in [0, 0.1) is 0 Å². The van der Waals surface area contributed by atoms with Crippen molar-refractivity contribution in [3.05, 3.63) is 89.4 Å². The lowest BCUT2D eigenvalue weighted by Gasteiger charge is -2.09. The topological polar surface area (TPSA) is 60.7 Å². The number of carbonyl (C=O) groups is 1. The lowest BCUT2D eigenvalue weighted by Crippen LogP contribution is -2.22. The van der Waals surface area contributed by atoms with Crippen molar-refractivity contribution in [1.82, 2.24) is 5.32 Å². The van der Waals surface area contributed by atoms with E-state index < -0.39 is 0 Å². The van der Waals surface area contributed by atoms with Crippen molar-refractivity contribution in [2.45, 2.75) is 19.8 Å². The first-order chi connectivity index (χ1) is 12.7. The number of methoxy groups -OCH3 is 1. The van der Waals surface area contributed by atoms with E-state index in [1.54, 1.807) is 19.2 Å². The van der Waals surface area contributed by atoms with Crippen LogP contribution >= 0.6 is 0 Å². The standard InChI is InChI=1S/C21H21NO4/c1-24-15-19-10-11-20(26-19)21(23)22-13-17-8-5-9-18(12-17)25-14-16-6-3-2-4-7-16/h2-12H,13-15H2,1H3,(H,22,23). The summed E-state index contributed by atoms with van der Waals surface area (Å²) in [5.74, 6) is 1.39. The van der Waals surface area contributed by atoms with Gasteiger partial charge in [-0.3, -0.25) is 4.79 Å². The second kappa shape index (κ2) is 8.87. The van der Waals surface area contributed by atoms with Gasteiger partial charge in [-0.25, -0.2) is 0 Å². The molecule has 2 aromatic carbocycles. The molecule has 1 aromatic heterocycles. The summed E-state index contributed by atoms with van der Waals surface area (Å²) in [4.78, 5) is 12.2. The summed E-state index contributed by atoms with van der Waals surface area (Å²) in [6.07, 6.45) is 0. The van der Waals surface area contributed by atoms with Crippen molar-refractivity contribution < 1.29 is 18.7 Å². The van der Waals surface area contributed by atoms with Gasteiger partial charge in [0.1, 0.15) is 24.7 Å². The molecule has 5 heteroatoms. The molecule has 0 radical (unpaired) electrons. The molecule has 3 aromatic rings. The number of benzene rings is 2. The van der Waals surface area contributed by atoms with Crippen LogP contribution in [0.1, 0.15) is 27.4 Å². The number of carbonyl (C=O) groups excluding carboxylic acids is 1. The van der Waals surface area contributed by atoms with Crippen molar-refractivity contribution in [3.8, 4) is 5.75 Å². The average Bonchev–Trinajstić information content (AvgIpc) is 3.15. The van der Waals surface area contributed by atoms with Gasteiger partial charge in [-0.15, -0.1) is 0 Å². The molecule has 0 saturated heterocycles. The Morgan fingerprint density at radius 2 is 1.77 bits per heavy atom. The number of ether oxygens (including phenoxy) is 2. The van der Waals surface area contributed by atoms with E-state index in [-0.39, 0.29) is 11.7 Å². The highest BCUT2D eigenvalue weighted by molar-refractivity contribution is 5.91. The minimum Gasteiger partial charge on any atom is -0.489 e. The summed E-state index contributed by atoms with van der Waals surface area (Å²) >= 11 is 0. The molecule has 0 atom stereocenters. The Balaban J connectivity index is 1.53. The highest BCUT2D eigenvalue weighted by Crippen LogP contribution is 2.16. The van der Waals surface area contributed by atoms with Crippen LogP contribution in [0.5, 0.6) is 5.75 Å². The maximum Gasteiger partial charge on any atom is 0.287 e. The lowest BCUT2D eigenvalue weighted by molar-refractivity contribution is 0.0914. The highest BCUT2D eigenvalue weighted by Gasteiger charge is 2.11. The predicted molar refractivity (Wildman–Crippen MR) is 97.8 cm³/mol. The first-order valence-corrected chi connectivity index (χ1v) is 8.36. The summed E-state index contributed by atoms with van der Waals surface area (Å²) in [5, 5.41) is 2.84. The number of rotatable bonds is 8. The third-order valence-corrected chi connectivity index (χ3v) is 3.77. The number of amides is 1. The van der Waals surface area contributed by atoms with Gasteiger partial charge in [0.05, 0.1) is 0 Å². The minimum atomic E-state index is -0.261. The molecule has 26 heavy (non-hydrogen) atoms. The molecule has 0 aliphatic heterocycles. The van der Waals surface area contributed by atoms with Gasteiger partial charge >= 0.3 is 0 Å². The lowest BCUT2D eigenvalue weighted by atomic mass is 10.2. The van der Waals surface area contributed by atoms with Crippen LogP contribution in [-0.4, -0.2) is 13.0 Å². The third kappa shape index (κ3) is 4.97. The van der Waals surface area contributed by atoms with Gasteiger partial charge in [0.2, 0.25) is 0 Å². The van der Waals surface area contributed by atoms with Crippen molar-refractivity contribution in [3.63, 3.8) is 0 Å². The van der Waals surface area contributed by atoms with Gasteiger partial charge in [-0.05, 0) is 35.4 Å². The molecule has 1 amide bonds. The molecular weight excluding hydrogens is 330 g/mol. The van der Waals surface area contributed by atoms with Gasteiger partial charge in [0, 0.05) is 13.7 Å². The maximum atomic E-state index is 12.2. The van der Waals surface area contributed by atoms with Gasteiger partial charge in [0.15, 0.2) is 5.76 Å². The van der Waals surface area contributed by atoms with Gasteiger partial charge in [-0.1, -0.05) is 42.5 Å². The predicted octanol–water partition coefficient (Wildman–Crippen LogP) is 3.94. The maximum absolute atomic E-state index is 12.2. The number of hydrogen-bond acceptors (Lipinski definition) is 4. The Kier molecular flexibility index (Phi) is 6.06. The largest absolute Gasteiger partial charge is 0.489 e. The molecule has 0 aliphatic carbocycles.